The summed E-state index contributed by atoms with van der Waals surface area (Å²) >= 11 is 0.981. The normalized spacial score (nSPS) is 9.89. The molecule has 0 unspecified atom stereocenters. The summed E-state index contributed by atoms with van der Waals surface area (Å²) in [4.78, 5) is 31.4. The summed E-state index contributed by atoms with van der Waals surface area (Å²) in [5.41, 5.74) is 6.94. The first-order valence-corrected chi connectivity index (χ1v) is 8.84. The van der Waals surface area contributed by atoms with Crippen LogP contribution in [-0.2, 0) is 14.3 Å². The average molecular weight is 381 g/mol. The van der Waals surface area contributed by atoms with Crippen LogP contribution in [0, 0.1) is 22.7 Å². The van der Waals surface area contributed by atoms with Crippen LogP contribution in [0.25, 0.3) is 11.1 Å². The molecule has 2 aromatic heterocycles. The molecule has 2 aromatic rings. The molecule has 0 aliphatic heterocycles. The summed E-state index contributed by atoms with van der Waals surface area (Å²) in [6, 6.07) is 7.36. The lowest BCUT2D eigenvalue weighted by atomic mass is 9.98. The summed E-state index contributed by atoms with van der Waals surface area (Å²) in [7, 11) is 0. The zero-order valence-electron chi connectivity index (χ0n) is 14.4. The number of ketones is 1. The molecule has 0 aromatic carbocycles. The minimum Gasteiger partial charge on any atom is -0.466 e. The van der Waals surface area contributed by atoms with Gasteiger partial charge in [-0.15, -0.1) is 0 Å². The lowest BCUT2D eigenvalue weighted by molar-refractivity contribution is -0.145. The van der Waals surface area contributed by atoms with Gasteiger partial charge in [-0.25, -0.2) is 4.98 Å². The number of anilines is 1. The number of ether oxygens (including phenoxy) is 1. The highest BCUT2D eigenvalue weighted by atomic mass is 32.2. The molecule has 0 saturated heterocycles. The number of thioether (sulfide) groups is 1. The van der Waals surface area contributed by atoms with E-state index in [1.54, 1.807) is 25.3 Å². The number of rotatable bonds is 7. The van der Waals surface area contributed by atoms with Gasteiger partial charge in [0.2, 0.25) is 0 Å². The Morgan fingerprint density at radius 3 is 2.63 bits per heavy atom. The van der Waals surface area contributed by atoms with Gasteiger partial charge in [0.1, 0.15) is 35.0 Å². The van der Waals surface area contributed by atoms with Crippen LogP contribution in [0.2, 0.25) is 0 Å². The number of hydrogen-bond donors (Lipinski definition) is 1. The zero-order valence-corrected chi connectivity index (χ0v) is 15.2. The van der Waals surface area contributed by atoms with Crippen molar-refractivity contribution in [1.29, 1.82) is 10.5 Å². The van der Waals surface area contributed by atoms with Gasteiger partial charge in [-0.1, -0.05) is 17.8 Å². The molecule has 0 aliphatic carbocycles. The van der Waals surface area contributed by atoms with Gasteiger partial charge in [0.05, 0.1) is 17.9 Å². The van der Waals surface area contributed by atoms with Crippen molar-refractivity contribution >= 4 is 29.3 Å². The molecule has 2 rings (SSSR count). The van der Waals surface area contributed by atoms with E-state index in [-0.39, 0.29) is 46.5 Å². The van der Waals surface area contributed by atoms with E-state index in [0.29, 0.717) is 11.1 Å². The molecule has 8 nitrogen and oxygen atoms in total. The van der Waals surface area contributed by atoms with E-state index in [4.69, 9.17) is 10.5 Å². The van der Waals surface area contributed by atoms with E-state index >= 15 is 0 Å². The van der Waals surface area contributed by atoms with Crippen molar-refractivity contribution in [3.05, 3.63) is 35.7 Å². The fraction of sp³-hybridized carbons (Fsp3) is 0.222. The third kappa shape index (κ3) is 4.81. The monoisotopic (exact) mass is 381 g/mol. The lowest BCUT2D eigenvalue weighted by Gasteiger charge is -2.12. The Balaban J connectivity index is 2.37. The van der Waals surface area contributed by atoms with E-state index in [1.165, 1.54) is 6.20 Å². The number of nitrogen functional groups attached to an aromatic ring is 1. The predicted octanol–water partition coefficient (Wildman–Crippen LogP) is 2.08. The summed E-state index contributed by atoms with van der Waals surface area (Å²) in [6.07, 6.45) is 2.72. The van der Waals surface area contributed by atoms with Crippen LogP contribution in [-0.4, -0.2) is 34.1 Å². The number of carbonyl (C=O) groups is 2. The highest BCUT2D eigenvalue weighted by Crippen LogP contribution is 2.35. The molecule has 0 saturated carbocycles. The summed E-state index contributed by atoms with van der Waals surface area (Å²) < 4.78 is 4.74. The van der Waals surface area contributed by atoms with Crippen LogP contribution < -0.4 is 5.73 Å². The van der Waals surface area contributed by atoms with Crippen LogP contribution in [0.15, 0.2) is 29.6 Å². The maximum Gasteiger partial charge on any atom is 0.313 e. The maximum atomic E-state index is 11.9. The zero-order chi connectivity index (χ0) is 19.8. The molecule has 0 spiro atoms. The van der Waals surface area contributed by atoms with E-state index in [2.05, 4.69) is 9.97 Å². The van der Waals surface area contributed by atoms with E-state index in [0.717, 1.165) is 11.8 Å². The van der Waals surface area contributed by atoms with Gasteiger partial charge in [-0.3, -0.25) is 14.6 Å². The van der Waals surface area contributed by atoms with Crippen molar-refractivity contribution in [2.45, 2.75) is 18.4 Å². The van der Waals surface area contributed by atoms with E-state index in [1.807, 2.05) is 12.1 Å². The topological polar surface area (TPSA) is 143 Å². The number of nitriles is 2. The number of esters is 1. The number of nitrogens with two attached hydrogens (primary N) is 1. The Kier molecular flexibility index (Phi) is 6.86. The molecular weight excluding hydrogens is 366 g/mol. The van der Waals surface area contributed by atoms with Crippen LogP contribution in [0.4, 0.5) is 5.82 Å². The average Bonchev–Trinajstić information content (AvgIpc) is 2.66. The van der Waals surface area contributed by atoms with E-state index < -0.39 is 5.97 Å². The van der Waals surface area contributed by atoms with Crippen molar-refractivity contribution in [2.75, 3.05) is 18.1 Å². The number of nitrogens with zero attached hydrogens (tertiary/aromatic N) is 4. The third-order valence-electron chi connectivity index (χ3n) is 3.38. The summed E-state index contributed by atoms with van der Waals surface area (Å²) in [6.45, 7) is 1.85. The standard InChI is InChI=1S/C18H15N5O3S/c1-2-26-15(25)6-12(24)10-27-18-14(8-20)16(11-4-3-5-22-9-11)13(7-19)17(21)23-18/h3-5,9H,2,6,10H2,1H3,(H2,21,23). The molecule has 0 radical (unpaired) electrons. The first-order valence-electron chi connectivity index (χ1n) is 7.86. The number of aromatic nitrogens is 2. The van der Waals surface area contributed by atoms with Crippen LogP contribution in [0.1, 0.15) is 24.5 Å². The Morgan fingerprint density at radius 1 is 1.30 bits per heavy atom. The molecular formula is C18H15N5O3S. The molecule has 2 heterocycles. The van der Waals surface area contributed by atoms with Gasteiger partial charge >= 0.3 is 5.97 Å². The van der Waals surface area contributed by atoms with Crippen molar-refractivity contribution < 1.29 is 14.3 Å². The summed E-state index contributed by atoms with van der Waals surface area (Å²) in [5.74, 6) is -1.10. The van der Waals surface area contributed by atoms with Gasteiger partial charge in [0.15, 0.2) is 5.78 Å². The van der Waals surface area contributed by atoms with E-state index in [9.17, 15) is 20.1 Å². The first-order chi connectivity index (χ1) is 13.0. The van der Waals surface area contributed by atoms with Gasteiger partial charge < -0.3 is 10.5 Å². The maximum absolute atomic E-state index is 11.9. The largest absolute Gasteiger partial charge is 0.466 e. The van der Waals surface area contributed by atoms with Gasteiger partial charge in [0, 0.05) is 23.5 Å². The van der Waals surface area contributed by atoms with Crippen molar-refractivity contribution in [1.82, 2.24) is 9.97 Å². The second-order valence-corrected chi connectivity index (χ2v) is 6.17. The van der Waals surface area contributed by atoms with Crippen molar-refractivity contribution in [3.63, 3.8) is 0 Å². The third-order valence-corrected chi connectivity index (χ3v) is 4.42. The first kappa shape index (κ1) is 19.9. The predicted molar refractivity (Wildman–Crippen MR) is 98.3 cm³/mol. The Hall–Kier alpha value is -3.43. The lowest BCUT2D eigenvalue weighted by Crippen LogP contribution is -2.13. The Labute approximate surface area is 160 Å². The second kappa shape index (κ2) is 9.32. The smallest absolute Gasteiger partial charge is 0.313 e. The highest BCUT2D eigenvalue weighted by molar-refractivity contribution is 8.00. The molecule has 2 N–H and O–H groups in total. The van der Waals surface area contributed by atoms with Crippen LogP contribution >= 0.6 is 11.8 Å². The van der Waals surface area contributed by atoms with Crippen molar-refractivity contribution in [3.8, 4) is 23.3 Å². The minimum atomic E-state index is -0.605. The molecule has 136 valence electrons. The molecule has 0 amide bonds. The Morgan fingerprint density at radius 2 is 2.04 bits per heavy atom. The number of Topliss-reactive ketones (excluding diaryl/α,β-unsaturated/α-hetero) is 1. The van der Waals surface area contributed by atoms with Crippen LogP contribution in [0.5, 0.6) is 0 Å². The van der Waals surface area contributed by atoms with Gasteiger partial charge in [-0.05, 0) is 13.0 Å². The quantitative estimate of drug-likeness (QED) is 0.433. The summed E-state index contributed by atoms with van der Waals surface area (Å²) in [5, 5.41) is 19.3. The number of pyridine rings is 2. The highest BCUT2D eigenvalue weighted by Gasteiger charge is 2.21. The van der Waals surface area contributed by atoms with Crippen LogP contribution in [0.3, 0.4) is 0 Å². The molecule has 0 fully saturated rings. The molecule has 27 heavy (non-hydrogen) atoms. The minimum absolute atomic E-state index is 0.0457. The SMILES string of the molecule is CCOC(=O)CC(=O)CSc1nc(N)c(C#N)c(-c2cccnc2)c1C#N. The molecule has 0 bridgehead atoms. The second-order valence-electron chi connectivity index (χ2n) is 5.20. The van der Waals surface area contributed by atoms with Gasteiger partial charge in [0.25, 0.3) is 0 Å². The number of hydrogen-bond acceptors (Lipinski definition) is 9. The number of carbonyl (C=O) groups excluding carboxylic acids is 2. The molecule has 9 heteroatoms. The fourth-order valence-electron chi connectivity index (χ4n) is 2.27. The van der Waals surface area contributed by atoms with Crippen molar-refractivity contribution in [2.24, 2.45) is 0 Å². The Bertz CT molecular complexity index is 948. The molecule has 0 atom stereocenters. The fourth-order valence-corrected chi connectivity index (χ4v) is 3.13. The molecule has 0 aliphatic rings. The van der Waals surface area contributed by atoms with Gasteiger partial charge in [-0.2, -0.15) is 10.5 Å².